The Hall–Kier alpha value is -0.0800. The van der Waals surface area contributed by atoms with Crippen molar-refractivity contribution >= 4 is 0 Å². The normalized spacial score (nSPS) is 30.6. The Morgan fingerprint density at radius 3 is 2.73 bits per heavy atom. The number of nitrogens with zero attached hydrogens (tertiary/aromatic N) is 1. The summed E-state index contributed by atoms with van der Waals surface area (Å²) in [7, 11) is 0. The van der Waals surface area contributed by atoms with Crippen molar-refractivity contribution in [1.29, 1.82) is 0 Å². The Balaban J connectivity index is 1.72. The van der Waals surface area contributed by atoms with Crippen molar-refractivity contribution in [2.45, 2.75) is 51.5 Å². The van der Waals surface area contributed by atoms with E-state index < -0.39 is 0 Å². The Kier molecular flexibility index (Phi) is 4.45. The molecule has 1 aliphatic carbocycles. The largest absolute Gasteiger partial charge is 0.311 e. The predicted octanol–water partition coefficient (Wildman–Crippen LogP) is 2.25. The number of rotatable bonds is 3. The molecule has 1 unspecified atom stereocenters. The molecular formula is C13H26N2. The molecule has 2 heteroatoms. The lowest BCUT2D eigenvalue weighted by atomic mass is 9.88. The minimum absolute atomic E-state index is 0.752. The summed E-state index contributed by atoms with van der Waals surface area (Å²) in [5.41, 5.74) is 0. The molecule has 2 rings (SSSR count). The van der Waals surface area contributed by atoms with Gasteiger partial charge in [-0.3, -0.25) is 0 Å². The van der Waals surface area contributed by atoms with Gasteiger partial charge in [0.05, 0.1) is 0 Å². The maximum atomic E-state index is 3.59. The number of hydrogen-bond acceptors (Lipinski definition) is 2. The summed E-state index contributed by atoms with van der Waals surface area (Å²) in [6.07, 6.45) is 8.69. The van der Waals surface area contributed by atoms with E-state index in [1.54, 1.807) is 0 Å². The van der Waals surface area contributed by atoms with Crippen LogP contribution in [0.1, 0.15) is 45.4 Å². The first-order valence-corrected chi connectivity index (χ1v) is 6.84. The molecule has 2 nitrogen and oxygen atoms in total. The maximum absolute atomic E-state index is 3.59. The lowest BCUT2D eigenvalue weighted by Crippen LogP contribution is -2.51. The standard InChI is InChI=1S/C13H26N2/c1-2-13-11-15(9-8-14-13)10-12-6-4-3-5-7-12/h12-14H,2-11H2,1H3. The minimum Gasteiger partial charge on any atom is -0.311 e. The van der Waals surface area contributed by atoms with Crippen LogP contribution >= 0.6 is 0 Å². The van der Waals surface area contributed by atoms with Crippen LogP contribution in [0.5, 0.6) is 0 Å². The van der Waals surface area contributed by atoms with Gasteiger partial charge in [-0.15, -0.1) is 0 Å². The molecule has 1 aliphatic heterocycles. The van der Waals surface area contributed by atoms with Crippen LogP contribution in [0.15, 0.2) is 0 Å². The smallest absolute Gasteiger partial charge is 0.0192 e. The van der Waals surface area contributed by atoms with Gasteiger partial charge in [0.25, 0.3) is 0 Å². The van der Waals surface area contributed by atoms with E-state index in [2.05, 4.69) is 17.1 Å². The molecule has 0 aromatic rings. The van der Waals surface area contributed by atoms with Crippen molar-refractivity contribution in [3.05, 3.63) is 0 Å². The van der Waals surface area contributed by atoms with Gasteiger partial charge in [-0.1, -0.05) is 26.2 Å². The number of nitrogens with one attached hydrogen (secondary N) is 1. The molecule has 1 atom stereocenters. The van der Waals surface area contributed by atoms with Crippen molar-refractivity contribution in [3.63, 3.8) is 0 Å². The van der Waals surface area contributed by atoms with E-state index in [9.17, 15) is 0 Å². The van der Waals surface area contributed by atoms with E-state index in [0.717, 1.165) is 12.0 Å². The van der Waals surface area contributed by atoms with Crippen molar-refractivity contribution in [3.8, 4) is 0 Å². The molecule has 0 aromatic carbocycles. The van der Waals surface area contributed by atoms with Crippen molar-refractivity contribution in [2.24, 2.45) is 5.92 Å². The zero-order valence-electron chi connectivity index (χ0n) is 10.2. The molecule has 15 heavy (non-hydrogen) atoms. The molecule has 0 amide bonds. The van der Waals surface area contributed by atoms with Crippen LogP contribution in [0.4, 0.5) is 0 Å². The van der Waals surface area contributed by atoms with Crippen LogP contribution in [0.2, 0.25) is 0 Å². The zero-order valence-corrected chi connectivity index (χ0v) is 10.2. The average molecular weight is 210 g/mol. The second kappa shape index (κ2) is 5.86. The molecule has 1 N–H and O–H groups in total. The SMILES string of the molecule is CCC1CN(CC2CCCCC2)CCN1. The van der Waals surface area contributed by atoms with Crippen LogP contribution in [0.3, 0.4) is 0 Å². The first kappa shape index (κ1) is 11.4. The molecule has 2 fully saturated rings. The van der Waals surface area contributed by atoms with E-state index in [1.807, 2.05) is 0 Å². The molecule has 0 bridgehead atoms. The third kappa shape index (κ3) is 3.46. The highest BCUT2D eigenvalue weighted by Gasteiger charge is 2.21. The minimum atomic E-state index is 0.752. The van der Waals surface area contributed by atoms with Gasteiger partial charge in [0.2, 0.25) is 0 Å². The number of hydrogen-bond donors (Lipinski definition) is 1. The van der Waals surface area contributed by atoms with Crippen molar-refractivity contribution in [2.75, 3.05) is 26.2 Å². The maximum Gasteiger partial charge on any atom is 0.0192 e. The number of piperazine rings is 1. The second-order valence-electron chi connectivity index (χ2n) is 5.32. The van der Waals surface area contributed by atoms with Gasteiger partial charge < -0.3 is 10.2 Å². The highest BCUT2D eigenvalue weighted by molar-refractivity contribution is 4.79. The van der Waals surface area contributed by atoms with Gasteiger partial charge in [-0.25, -0.2) is 0 Å². The topological polar surface area (TPSA) is 15.3 Å². The fourth-order valence-electron chi connectivity index (χ4n) is 3.07. The summed E-state index contributed by atoms with van der Waals surface area (Å²) < 4.78 is 0. The first-order valence-electron chi connectivity index (χ1n) is 6.84. The summed E-state index contributed by atoms with van der Waals surface area (Å²) in [4.78, 5) is 2.70. The predicted molar refractivity (Wildman–Crippen MR) is 65.1 cm³/mol. The van der Waals surface area contributed by atoms with E-state index in [4.69, 9.17) is 0 Å². The van der Waals surface area contributed by atoms with E-state index in [0.29, 0.717) is 0 Å². The summed E-state index contributed by atoms with van der Waals surface area (Å²) >= 11 is 0. The molecule has 0 aromatic heterocycles. The molecule has 1 saturated carbocycles. The summed E-state index contributed by atoms with van der Waals surface area (Å²) in [6, 6.07) is 0.752. The lowest BCUT2D eigenvalue weighted by Gasteiger charge is -2.36. The van der Waals surface area contributed by atoms with Crippen LogP contribution in [0, 0.1) is 5.92 Å². The van der Waals surface area contributed by atoms with Crippen LogP contribution < -0.4 is 5.32 Å². The Bertz CT molecular complexity index is 175. The van der Waals surface area contributed by atoms with Gasteiger partial charge in [-0.05, 0) is 25.2 Å². The van der Waals surface area contributed by atoms with Crippen LogP contribution in [0.25, 0.3) is 0 Å². The zero-order chi connectivity index (χ0) is 10.5. The highest BCUT2D eigenvalue weighted by atomic mass is 15.2. The Morgan fingerprint density at radius 2 is 2.00 bits per heavy atom. The van der Waals surface area contributed by atoms with E-state index >= 15 is 0 Å². The third-order valence-corrected chi connectivity index (χ3v) is 4.07. The van der Waals surface area contributed by atoms with E-state index in [-0.39, 0.29) is 0 Å². The monoisotopic (exact) mass is 210 g/mol. The van der Waals surface area contributed by atoms with Gasteiger partial charge >= 0.3 is 0 Å². The van der Waals surface area contributed by atoms with Crippen molar-refractivity contribution in [1.82, 2.24) is 10.2 Å². The van der Waals surface area contributed by atoms with Gasteiger partial charge in [-0.2, -0.15) is 0 Å². The average Bonchev–Trinajstić information content (AvgIpc) is 2.31. The van der Waals surface area contributed by atoms with Crippen molar-refractivity contribution < 1.29 is 0 Å². The molecule has 88 valence electrons. The third-order valence-electron chi connectivity index (χ3n) is 4.07. The Labute approximate surface area is 94.4 Å². The molecule has 1 heterocycles. The van der Waals surface area contributed by atoms with E-state index in [1.165, 1.54) is 64.7 Å². The fraction of sp³-hybridized carbons (Fsp3) is 1.00. The first-order chi connectivity index (χ1) is 7.38. The summed E-state index contributed by atoms with van der Waals surface area (Å²) in [5, 5.41) is 3.59. The van der Waals surface area contributed by atoms with Gasteiger partial charge in [0.15, 0.2) is 0 Å². The van der Waals surface area contributed by atoms with Crippen LogP contribution in [-0.4, -0.2) is 37.1 Å². The Morgan fingerprint density at radius 1 is 1.20 bits per heavy atom. The summed E-state index contributed by atoms with van der Waals surface area (Å²) in [5.74, 6) is 1.01. The second-order valence-corrected chi connectivity index (χ2v) is 5.32. The fourth-order valence-corrected chi connectivity index (χ4v) is 3.07. The molecule has 0 spiro atoms. The molecule has 2 aliphatic rings. The van der Waals surface area contributed by atoms with Crippen LogP contribution in [-0.2, 0) is 0 Å². The molecule has 0 radical (unpaired) electrons. The van der Waals surface area contributed by atoms with Gasteiger partial charge in [0.1, 0.15) is 0 Å². The van der Waals surface area contributed by atoms with Gasteiger partial charge in [0, 0.05) is 32.2 Å². The molecular weight excluding hydrogens is 184 g/mol. The summed E-state index contributed by atoms with van der Waals surface area (Å²) in [6.45, 7) is 7.42. The highest BCUT2D eigenvalue weighted by Crippen LogP contribution is 2.24. The lowest BCUT2D eigenvalue weighted by molar-refractivity contribution is 0.154. The quantitative estimate of drug-likeness (QED) is 0.768. The molecule has 1 saturated heterocycles.